The Kier molecular flexibility index (Phi) is 19.8. The molecule has 1 unspecified atom stereocenters. The molecular weight excluding hydrogens is 953 g/mol. The average molecular weight is 1020 g/mol. The van der Waals surface area contributed by atoms with Gasteiger partial charge in [-0.25, -0.2) is 9.97 Å². The van der Waals surface area contributed by atoms with Crippen LogP contribution in [-0.2, 0) is 62.0 Å². The number of carbonyl (C=O) groups is 4. The van der Waals surface area contributed by atoms with E-state index in [1.807, 2.05) is 53.4 Å². The van der Waals surface area contributed by atoms with Crippen molar-refractivity contribution in [3.05, 3.63) is 106 Å². The molecule has 7 rings (SSSR count). The number of nitrogens with one attached hydrogen (secondary N) is 2. The van der Waals surface area contributed by atoms with E-state index < -0.39 is 19.1 Å². The summed E-state index contributed by atoms with van der Waals surface area (Å²) in [6.45, 7) is 11.1. The molecule has 2 fully saturated rings. The van der Waals surface area contributed by atoms with Crippen LogP contribution in [0.15, 0.2) is 66.9 Å². The fraction of sp³-hybridized carbons (Fsp3) is 0.490. The van der Waals surface area contributed by atoms with Gasteiger partial charge in [-0.3, -0.25) is 24.5 Å². The fourth-order valence-electron chi connectivity index (χ4n) is 8.79. The number of piperazine rings is 1. The summed E-state index contributed by atoms with van der Waals surface area (Å²) >= 11 is 6.54. The number of benzene rings is 3. The molecule has 3 aromatic carbocycles. The molecule has 3 aliphatic heterocycles. The summed E-state index contributed by atoms with van der Waals surface area (Å²) in [5.41, 5.74) is 5.78. The van der Waals surface area contributed by atoms with Gasteiger partial charge in [0.1, 0.15) is 24.8 Å². The van der Waals surface area contributed by atoms with Crippen LogP contribution < -0.4 is 25.6 Å². The molecule has 0 bridgehead atoms. The molecule has 18 nitrogen and oxygen atoms in total. The Morgan fingerprint density at radius 3 is 2.17 bits per heavy atom. The van der Waals surface area contributed by atoms with Gasteiger partial charge in [-0.2, -0.15) is 0 Å². The number of rotatable bonds is 27. The lowest BCUT2D eigenvalue weighted by atomic mass is 10.0. The van der Waals surface area contributed by atoms with E-state index >= 15 is 0 Å². The second-order valence-electron chi connectivity index (χ2n) is 17.7. The number of amides is 4. The zero-order valence-corrected chi connectivity index (χ0v) is 42.5. The fourth-order valence-corrected chi connectivity index (χ4v) is 10.2. The highest BCUT2D eigenvalue weighted by Crippen LogP contribution is 2.37. The Bertz CT molecular complexity index is 2520. The number of methoxy groups -OCH3 is 1. The molecule has 1 aromatic heterocycles. The Balaban J connectivity index is 0.683. The molecule has 2 saturated heterocycles. The van der Waals surface area contributed by atoms with Gasteiger partial charge in [0.05, 0.1) is 90.3 Å². The van der Waals surface area contributed by atoms with Crippen molar-refractivity contribution in [2.24, 2.45) is 0 Å². The average Bonchev–Trinajstić information content (AvgIpc) is 3.70. The van der Waals surface area contributed by atoms with E-state index in [-0.39, 0.29) is 24.1 Å². The summed E-state index contributed by atoms with van der Waals surface area (Å²) in [5.74, 6) is 0.457. The minimum atomic E-state index is -2.49. The van der Waals surface area contributed by atoms with Gasteiger partial charge < -0.3 is 53.0 Å². The van der Waals surface area contributed by atoms with E-state index in [1.165, 1.54) is 4.90 Å². The van der Waals surface area contributed by atoms with Crippen LogP contribution in [0, 0.1) is 0 Å². The van der Waals surface area contributed by atoms with Crippen LogP contribution in [0.2, 0.25) is 5.02 Å². The smallest absolute Gasteiger partial charge is 0.255 e. The van der Waals surface area contributed by atoms with Crippen LogP contribution in [0.3, 0.4) is 0 Å². The Morgan fingerprint density at radius 2 is 1.49 bits per heavy atom. The van der Waals surface area contributed by atoms with Gasteiger partial charge in [0.25, 0.3) is 5.91 Å². The highest BCUT2D eigenvalue weighted by atomic mass is 35.5. The Morgan fingerprint density at radius 1 is 0.817 bits per heavy atom. The number of ether oxygens (including phenoxy) is 6. The first-order chi connectivity index (χ1) is 34.4. The highest BCUT2D eigenvalue weighted by Gasteiger charge is 2.40. The third kappa shape index (κ3) is 15.0. The number of carbonyl (C=O) groups excluding carboxylic acids is 4. The van der Waals surface area contributed by atoms with Gasteiger partial charge in [-0.05, 0) is 43.5 Å². The van der Waals surface area contributed by atoms with Crippen molar-refractivity contribution >= 4 is 59.1 Å². The lowest BCUT2D eigenvalue weighted by Gasteiger charge is -2.36. The minimum Gasteiger partial charge on any atom is -0.496 e. The number of imide groups is 1. The SMILES string of the molecule is COc1cc(N2CCN(C(=O)CCOCCOCCOCCOCCOCCNc3cccc4c3CN(C3CCC(=O)NC3=O)C4=O)CC2)ccc1Cc1ncc(Cl)c(Cc2ccccc2P(C)(C)=O)n1. The minimum absolute atomic E-state index is 0.0650. The Labute approximate surface area is 420 Å². The normalized spacial score (nSPS) is 16.1. The molecule has 0 radical (unpaired) electrons. The zero-order valence-electron chi connectivity index (χ0n) is 40.8. The number of fused-ring (bicyclic) bond motifs is 1. The summed E-state index contributed by atoms with van der Waals surface area (Å²) in [7, 11) is -0.840. The van der Waals surface area contributed by atoms with Gasteiger partial charge in [-0.1, -0.05) is 48.0 Å². The maximum absolute atomic E-state index is 13.0. The van der Waals surface area contributed by atoms with Crippen LogP contribution in [0.5, 0.6) is 5.75 Å². The van der Waals surface area contributed by atoms with Crippen LogP contribution in [0.4, 0.5) is 11.4 Å². The predicted molar refractivity (Wildman–Crippen MR) is 270 cm³/mol. The van der Waals surface area contributed by atoms with Crippen LogP contribution in [0.25, 0.3) is 0 Å². The third-order valence-corrected chi connectivity index (χ3v) is 14.4. The summed E-state index contributed by atoms with van der Waals surface area (Å²) in [6.07, 6.45) is 3.36. The first kappa shape index (κ1) is 53.3. The van der Waals surface area contributed by atoms with Gasteiger partial charge in [0.2, 0.25) is 17.7 Å². The molecule has 20 heteroatoms. The van der Waals surface area contributed by atoms with Crippen molar-refractivity contribution in [2.45, 2.75) is 44.7 Å². The van der Waals surface area contributed by atoms with Crippen molar-refractivity contribution < 1.29 is 52.2 Å². The number of hydrogen-bond donors (Lipinski definition) is 2. The summed E-state index contributed by atoms with van der Waals surface area (Å²) < 4.78 is 46.9. The van der Waals surface area contributed by atoms with Crippen molar-refractivity contribution in [2.75, 3.05) is 129 Å². The summed E-state index contributed by atoms with van der Waals surface area (Å²) in [5, 5.41) is 6.95. The number of nitrogens with zero attached hydrogens (tertiary/aromatic N) is 5. The highest BCUT2D eigenvalue weighted by molar-refractivity contribution is 7.70. The quantitative estimate of drug-likeness (QED) is 0.0478. The van der Waals surface area contributed by atoms with Crippen LogP contribution in [-0.4, -0.2) is 169 Å². The number of halogens is 1. The number of hydrogen-bond acceptors (Lipinski definition) is 15. The van der Waals surface area contributed by atoms with E-state index in [1.54, 1.807) is 32.7 Å². The molecule has 4 amide bonds. The molecule has 0 saturated carbocycles. The van der Waals surface area contributed by atoms with Crippen molar-refractivity contribution in [1.82, 2.24) is 25.1 Å². The monoisotopic (exact) mass is 1020 g/mol. The zero-order chi connectivity index (χ0) is 50.2. The maximum atomic E-state index is 13.0. The third-order valence-electron chi connectivity index (χ3n) is 12.5. The lowest BCUT2D eigenvalue weighted by molar-refractivity contribution is -0.137. The number of piperidine rings is 1. The molecule has 0 spiro atoms. The predicted octanol–water partition coefficient (Wildman–Crippen LogP) is 4.56. The Hall–Kier alpha value is -5.46. The van der Waals surface area contributed by atoms with Crippen molar-refractivity contribution in [1.29, 1.82) is 0 Å². The van der Waals surface area contributed by atoms with E-state index in [2.05, 4.69) is 26.6 Å². The molecular formula is C51H65ClN7O11P. The summed E-state index contributed by atoms with van der Waals surface area (Å²) in [4.78, 5) is 64.9. The van der Waals surface area contributed by atoms with Gasteiger partial charge >= 0.3 is 0 Å². The molecule has 4 aromatic rings. The van der Waals surface area contributed by atoms with Gasteiger partial charge in [-0.15, -0.1) is 0 Å². The lowest BCUT2D eigenvalue weighted by Crippen LogP contribution is -2.52. The molecule has 382 valence electrons. The molecule has 0 aliphatic carbocycles. The van der Waals surface area contributed by atoms with E-state index in [4.69, 9.17) is 45.0 Å². The molecule has 1 atom stereocenters. The molecule has 71 heavy (non-hydrogen) atoms. The first-order valence-corrected chi connectivity index (χ1v) is 27.1. The van der Waals surface area contributed by atoms with Crippen LogP contribution in [0.1, 0.15) is 57.8 Å². The largest absolute Gasteiger partial charge is 0.496 e. The number of anilines is 2. The molecule has 2 N–H and O–H groups in total. The van der Waals surface area contributed by atoms with Crippen molar-refractivity contribution in [3.8, 4) is 5.75 Å². The standard InChI is InChI=1S/C51H65ClN7O11P/c1-65-45-33-38(12-11-36(45)32-47-54-34-41(52)43(55-47)31-37-7-4-5-10-46(37)71(2,3)64)57-17-19-58(20-18-57)49(61)15-21-66-23-25-68-27-29-70-30-28-69-26-24-67-22-16-53-42-9-6-8-39-40(42)35-59(51(39)63)44-13-14-48(60)56-50(44)62/h4-12,33-34,44,53H,13-32,35H2,1-3H3,(H,56,60,62). The molecule has 4 heterocycles. The molecule has 3 aliphatic rings. The van der Waals surface area contributed by atoms with Gasteiger partial charge in [0.15, 0.2) is 0 Å². The maximum Gasteiger partial charge on any atom is 0.255 e. The topological polar surface area (TPSA) is 200 Å². The van der Waals surface area contributed by atoms with E-state index in [9.17, 15) is 23.7 Å². The van der Waals surface area contributed by atoms with Gasteiger partial charge in [0, 0.05) is 104 Å². The first-order valence-electron chi connectivity index (χ1n) is 24.1. The number of aromatic nitrogens is 2. The van der Waals surface area contributed by atoms with E-state index in [0.717, 1.165) is 39.1 Å². The van der Waals surface area contributed by atoms with E-state index in [0.29, 0.717) is 153 Å². The van der Waals surface area contributed by atoms with Crippen molar-refractivity contribution in [3.63, 3.8) is 0 Å². The van der Waals surface area contributed by atoms with Crippen LogP contribution >= 0.6 is 18.7 Å². The summed E-state index contributed by atoms with van der Waals surface area (Å²) in [6, 6.07) is 18.6. The second-order valence-corrected chi connectivity index (χ2v) is 21.3. The second kappa shape index (κ2) is 26.3.